The maximum absolute atomic E-state index is 9.85. The molecule has 0 aliphatic rings. The van der Waals surface area contributed by atoms with Crippen LogP contribution in [0.5, 0.6) is 0 Å². The summed E-state index contributed by atoms with van der Waals surface area (Å²) in [6.45, 7) is 1.81. The molecule has 0 bridgehead atoms. The molecule has 0 unspecified atom stereocenters. The number of fused-ring (bicyclic) bond motifs is 1. The number of nitrogens with two attached hydrogens (primary N) is 1. The van der Waals surface area contributed by atoms with Crippen LogP contribution in [0.15, 0.2) is 60.8 Å². The van der Waals surface area contributed by atoms with Gasteiger partial charge in [-0.2, -0.15) is 0 Å². The summed E-state index contributed by atoms with van der Waals surface area (Å²) < 4.78 is 2.04. The number of rotatable bonds is 2. The van der Waals surface area contributed by atoms with Gasteiger partial charge in [0.2, 0.25) is 0 Å². The van der Waals surface area contributed by atoms with Crippen molar-refractivity contribution < 1.29 is 5.11 Å². The number of anilines is 1. The van der Waals surface area contributed by atoms with E-state index in [1.807, 2.05) is 66.2 Å². The highest BCUT2D eigenvalue weighted by atomic mass is 16.3. The van der Waals surface area contributed by atoms with Crippen molar-refractivity contribution in [3.8, 4) is 5.69 Å². The van der Waals surface area contributed by atoms with E-state index in [-0.39, 0.29) is 5.76 Å². The molecule has 2 aromatic carbocycles. The zero-order valence-electron chi connectivity index (χ0n) is 11.2. The quantitative estimate of drug-likeness (QED) is 0.684. The molecule has 0 saturated heterocycles. The van der Waals surface area contributed by atoms with Crippen molar-refractivity contribution in [2.75, 3.05) is 5.73 Å². The van der Waals surface area contributed by atoms with E-state index in [0.29, 0.717) is 0 Å². The maximum Gasteiger partial charge on any atom is 0.118 e. The van der Waals surface area contributed by atoms with Gasteiger partial charge in [0.15, 0.2) is 0 Å². The Bertz CT molecular complexity index is 800. The molecule has 0 amide bonds. The molecule has 1 aromatic heterocycles. The third-order valence-electron chi connectivity index (χ3n) is 3.44. The first kappa shape index (κ1) is 12.4. The van der Waals surface area contributed by atoms with Crippen molar-refractivity contribution in [3.63, 3.8) is 0 Å². The van der Waals surface area contributed by atoms with Crippen molar-refractivity contribution in [1.82, 2.24) is 4.57 Å². The van der Waals surface area contributed by atoms with E-state index in [1.165, 1.54) is 0 Å². The molecular formula is C17H16N2O. The number of aliphatic hydroxyl groups is 1. The Labute approximate surface area is 117 Å². The van der Waals surface area contributed by atoms with Crippen LogP contribution in [0.25, 0.3) is 22.3 Å². The second kappa shape index (κ2) is 4.78. The average molecular weight is 264 g/mol. The Kier molecular flexibility index (Phi) is 2.95. The number of allylic oxidation sites excluding steroid dienone is 1. The molecule has 1 heterocycles. The highest BCUT2D eigenvalue weighted by Gasteiger charge is 2.08. The molecule has 0 aliphatic carbocycles. The lowest BCUT2D eigenvalue weighted by molar-refractivity contribution is 0.511. The SMILES string of the molecule is C/C=C(\O)c1cccc(-n2cc(N)c3ccccc32)c1. The minimum absolute atomic E-state index is 0.274. The first-order chi connectivity index (χ1) is 9.70. The van der Waals surface area contributed by atoms with E-state index < -0.39 is 0 Å². The maximum atomic E-state index is 9.85. The molecular weight excluding hydrogens is 248 g/mol. The number of hydrogen-bond acceptors (Lipinski definition) is 2. The van der Waals surface area contributed by atoms with Gasteiger partial charge in [-0.1, -0.05) is 30.3 Å². The molecule has 3 nitrogen and oxygen atoms in total. The number of para-hydroxylation sites is 1. The molecule has 3 aromatic rings. The molecule has 0 aliphatic heterocycles. The summed E-state index contributed by atoms with van der Waals surface area (Å²) in [4.78, 5) is 0. The summed E-state index contributed by atoms with van der Waals surface area (Å²) >= 11 is 0. The standard InChI is InChI=1S/C17H16N2O/c1-2-17(20)12-6-5-7-13(10-12)19-11-15(18)14-8-3-4-9-16(14)19/h2-11,20H,18H2,1H3/b17-2-. The Hall–Kier alpha value is -2.68. The Balaban J connectivity index is 2.21. The van der Waals surface area contributed by atoms with Gasteiger partial charge in [0, 0.05) is 22.8 Å². The summed E-state index contributed by atoms with van der Waals surface area (Å²) in [5, 5.41) is 10.9. The van der Waals surface area contributed by atoms with Crippen molar-refractivity contribution in [2.45, 2.75) is 6.92 Å². The Morgan fingerprint density at radius 2 is 1.95 bits per heavy atom. The monoisotopic (exact) mass is 264 g/mol. The summed E-state index contributed by atoms with van der Waals surface area (Å²) in [5.41, 5.74) is 9.63. The van der Waals surface area contributed by atoms with Crippen LogP contribution >= 0.6 is 0 Å². The largest absolute Gasteiger partial charge is 0.508 e. The fourth-order valence-corrected chi connectivity index (χ4v) is 2.40. The minimum Gasteiger partial charge on any atom is -0.508 e. The lowest BCUT2D eigenvalue weighted by Gasteiger charge is -2.07. The number of nitrogens with zero attached hydrogens (tertiary/aromatic N) is 1. The first-order valence-corrected chi connectivity index (χ1v) is 6.52. The smallest absolute Gasteiger partial charge is 0.118 e. The van der Waals surface area contributed by atoms with Gasteiger partial charge in [0.25, 0.3) is 0 Å². The first-order valence-electron chi connectivity index (χ1n) is 6.52. The molecule has 3 rings (SSSR count). The highest BCUT2D eigenvalue weighted by Crippen LogP contribution is 2.27. The van der Waals surface area contributed by atoms with Crippen LogP contribution in [-0.4, -0.2) is 9.67 Å². The van der Waals surface area contributed by atoms with E-state index in [1.54, 1.807) is 6.08 Å². The molecule has 0 saturated carbocycles. The fraction of sp³-hybridized carbons (Fsp3) is 0.0588. The zero-order chi connectivity index (χ0) is 14.1. The third kappa shape index (κ3) is 1.93. The number of nitrogen functional groups attached to an aromatic ring is 1. The van der Waals surface area contributed by atoms with E-state index >= 15 is 0 Å². The predicted molar refractivity (Wildman–Crippen MR) is 84.0 cm³/mol. The van der Waals surface area contributed by atoms with Gasteiger partial charge in [-0.25, -0.2) is 0 Å². The predicted octanol–water partition coefficient (Wildman–Crippen LogP) is 4.13. The van der Waals surface area contributed by atoms with E-state index in [4.69, 9.17) is 5.73 Å². The van der Waals surface area contributed by atoms with E-state index in [0.717, 1.165) is 27.8 Å². The zero-order valence-corrected chi connectivity index (χ0v) is 11.2. The normalized spacial score (nSPS) is 11.9. The number of aromatic nitrogens is 1. The summed E-state index contributed by atoms with van der Waals surface area (Å²) in [7, 11) is 0. The van der Waals surface area contributed by atoms with Gasteiger partial charge < -0.3 is 15.4 Å². The molecule has 0 fully saturated rings. The summed E-state index contributed by atoms with van der Waals surface area (Å²) in [6.07, 6.45) is 3.59. The number of aliphatic hydroxyl groups excluding tert-OH is 1. The van der Waals surface area contributed by atoms with Crippen molar-refractivity contribution in [3.05, 3.63) is 66.4 Å². The van der Waals surface area contributed by atoms with Crippen LogP contribution in [0.3, 0.4) is 0 Å². The highest BCUT2D eigenvalue weighted by molar-refractivity contribution is 5.93. The van der Waals surface area contributed by atoms with Crippen LogP contribution in [0.1, 0.15) is 12.5 Å². The van der Waals surface area contributed by atoms with Crippen LogP contribution in [0, 0.1) is 0 Å². The Morgan fingerprint density at radius 1 is 1.15 bits per heavy atom. The molecule has 0 atom stereocenters. The number of hydrogen-bond donors (Lipinski definition) is 2. The lowest BCUT2D eigenvalue weighted by atomic mass is 10.1. The average Bonchev–Trinajstić information content (AvgIpc) is 2.84. The lowest BCUT2D eigenvalue weighted by Crippen LogP contribution is -1.93. The molecule has 3 N–H and O–H groups in total. The topological polar surface area (TPSA) is 51.2 Å². The summed E-state index contributed by atoms with van der Waals surface area (Å²) in [5.74, 6) is 0.274. The fourth-order valence-electron chi connectivity index (χ4n) is 2.40. The van der Waals surface area contributed by atoms with Crippen molar-refractivity contribution in [2.24, 2.45) is 0 Å². The van der Waals surface area contributed by atoms with Gasteiger partial charge >= 0.3 is 0 Å². The van der Waals surface area contributed by atoms with Crippen molar-refractivity contribution >= 4 is 22.3 Å². The van der Waals surface area contributed by atoms with Crippen LogP contribution in [0.4, 0.5) is 5.69 Å². The summed E-state index contributed by atoms with van der Waals surface area (Å²) in [6, 6.07) is 15.8. The third-order valence-corrected chi connectivity index (χ3v) is 3.44. The van der Waals surface area contributed by atoms with Gasteiger partial charge in [-0.05, 0) is 31.2 Å². The van der Waals surface area contributed by atoms with Crippen LogP contribution < -0.4 is 5.73 Å². The second-order valence-corrected chi connectivity index (χ2v) is 4.70. The van der Waals surface area contributed by atoms with Gasteiger partial charge in [-0.3, -0.25) is 0 Å². The second-order valence-electron chi connectivity index (χ2n) is 4.70. The molecule has 0 spiro atoms. The van der Waals surface area contributed by atoms with E-state index in [2.05, 4.69) is 0 Å². The molecule has 0 radical (unpaired) electrons. The minimum atomic E-state index is 0.274. The molecule has 3 heteroatoms. The number of benzene rings is 2. The van der Waals surface area contributed by atoms with Gasteiger partial charge in [0.1, 0.15) is 5.76 Å². The van der Waals surface area contributed by atoms with Crippen LogP contribution in [-0.2, 0) is 0 Å². The van der Waals surface area contributed by atoms with E-state index in [9.17, 15) is 5.11 Å². The van der Waals surface area contributed by atoms with Crippen molar-refractivity contribution in [1.29, 1.82) is 0 Å². The Morgan fingerprint density at radius 3 is 2.75 bits per heavy atom. The van der Waals surface area contributed by atoms with Gasteiger partial charge in [-0.15, -0.1) is 0 Å². The van der Waals surface area contributed by atoms with Gasteiger partial charge in [0.05, 0.1) is 11.2 Å². The van der Waals surface area contributed by atoms with Crippen LogP contribution in [0.2, 0.25) is 0 Å². The molecule has 20 heavy (non-hydrogen) atoms. The molecule has 100 valence electrons.